The number of carbonyl (C=O) groups is 2. The molecule has 8 heteroatoms. The standard InChI is InChI=1S/C17H14Cl2O6/c1-22-15(20)17(16(21)23-2,24-13-7-3-11(18)4-8-13)25-14-9-5-12(19)6-10-14/h3-10H,1-2H3. The number of ether oxygens (including phenoxy) is 4. The summed E-state index contributed by atoms with van der Waals surface area (Å²) >= 11 is 11.6. The first-order valence-corrected chi connectivity index (χ1v) is 7.73. The predicted octanol–water partition coefficient (Wildman–Crippen LogP) is 3.49. The van der Waals surface area contributed by atoms with Gasteiger partial charge >= 0.3 is 17.7 Å². The zero-order valence-corrected chi connectivity index (χ0v) is 14.8. The predicted molar refractivity (Wildman–Crippen MR) is 90.9 cm³/mol. The van der Waals surface area contributed by atoms with Crippen molar-refractivity contribution >= 4 is 35.1 Å². The summed E-state index contributed by atoms with van der Waals surface area (Å²) in [4.78, 5) is 24.7. The number of hydrogen-bond acceptors (Lipinski definition) is 6. The number of benzene rings is 2. The van der Waals surface area contributed by atoms with Gasteiger partial charge in [0.2, 0.25) is 0 Å². The minimum Gasteiger partial charge on any atom is -0.463 e. The molecule has 0 heterocycles. The van der Waals surface area contributed by atoms with Crippen molar-refractivity contribution in [2.45, 2.75) is 5.79 Å². The van der Waals surface area contributed by atoms with Crippen molar-refractivity contribution in [2.75, 3.05) is 14.2 Å². The topological polar surface area (TPSA) is 71.1 Å². The second-order valence-corrected chi connectivity index (χ2v) is 5.58. The smallest absolute Gasteiger partial charge is 0.453 e. The third kappa shape index (κ3) is 4.35. The first-order valence-electron chi connectivity index (χ1n) is 6.97. The van der Waals surface area contributed by atoms with Crippen LogP contribution in [0.15, 0.2) is 48.5 Å². The highest BCUT2D eigenvalue weighted by Crippen LogP contribution is 2.27. The van der Waals surface area contributed by atoms with E-state index < -0.39 is 17.7 Å². The van der Waals surface area contributed by atoms with Crippen LogP contribution in [0, 0.1) is 0 Å². The third-order valence-electron chi connectivity index (χ3n) is 3.06. The molecule has 6 nitrogen and oxygen atoms in total. The van der Waals surface area contributed by atoms with Crippen LogP contribution >= 0.6 is 23.2 Å². The Morgan fingerprint density at radius 3 is 1.32 bits per heavy atom. The molecule has 132 valence electrons. The van der Waals surface area contributed by atoms with Gasteiger partial charge in [-0.15, -0.1) is 0 Å². The van der Waals surface area contributed by atoms with Crippen molar-refractivity contribution in [3.63, 3.8) is 0 Å². The summed E-state index contributed by atoms with van der Waals surface area (Å²) in [7, 11) is 2.19. The highest BCUT2D eigenvalue weighted by molar-refractivity contribution is 6.30. The van der Waals surface area contributed by atoms with Crippen LogP contribution in [0.2, 0.25) is 10.0 Å². The number of halogens is 2. The fourth-order valence-corrected chi connectivity index (χ4v) is 2.13. The lowest BCUT2D eigenvalue weighted by Gasteiger charge is -2.29. The van der Waals surface area contributed by atoms with Gasteiger partial charge in [0.1, 0.15) is 11.5 Å². The van der Waals surface area contributed by atoms with Crippen LogP contribution in [0.5, 0.6) is 11.5 Å². The van der Waals surface area contributed by atoms with Crippen molar-refractivity contribution in [1.82, 2.24) is 0 Å². The Morgan fingerprint density at radius 2 is 1.04 bits per heavy atom. The summed E-state index contributed by atoms with van der Waals surface area (Å²) in [6, 6.07) is 12.0. The van der Waals surface area contributed by atoms with Crippen molar-refractivity contribution < 1.29 is 28.5 Å². The van der Waals surface area contributed by atoms with Crippen LogP contribution in [0.25, 0.3) is 0 Å². The van der Waals surface area contributed by atoms with Crippen LogP contribution < -0.4 is 9.47 Å². The molecule has 2 aromatic rings. The molecule has 0 N–H and O–H groups in total. The molecule has 0 amide bonds. The summed E-state index contributed by atoms with van der Waals surface area (Å²) in [5.74, 6) is -4.39. The van der Waals surface area contributed by atoms with Gasteiger partial charge in [-0.25, -0.2) is 9.59 Å². The second kappa shape index (κ2) is 8.09. The van der Waals surface area contributed by atoms with Crippen LogP contribution in [0.3, 0.4) is 0 Å². The van der Waals surface area contributed by atoms with Gasteiger partial charge in [0.25, 0.3) is 0 Å². The van der Waals surface area contributed by atoms with E-state index in [0.29, 0.717) is 10.0 Å². The number of methoxy groups -OCH3 is 2. The van der Waals surface area contributed by atoms with Gasteiger partial charge in [-0.2, -0.15) is 0 Å². The maximum Gasteiger partial charge on any atom is 0.453 e. The summed E-state index contributed by atoms with van der Waals surface area (Å²) in [5.41, 5.74) is 0. The van der Waals surface area contributed by atoms with Crippen LogP contribution in [0.1, 0.15) is 0 Å². The normalized spacial score (nSPS) is 10.7. The Morgan fingerprint density at radius 1 is 0.720 bits per heavy atom. The van der Waals surface area contributed by atoms with Gasteiger partial charge in [0, 0.05) is 10.0 Å². The van der Waals surface area contributed by atoms with E-state index in [1.54, 1.807) is 0 Å². The molecule has 25 heavy (non-hydrogen) atoms. The number of esters is 2. The Balaban J connectivity index is 2.46. The minimum absolute atomic E-state index is 0.147. The Bertz CT molecular complexity index is 677. The van der Waals surface area contributed by atoms with E-state index in [2.05, 4.69) is 9.47 Å². The molecule has 0 aliphatic heterocycles. The maximum atomic E-state index is 12.4. The van der Waals surface area contributed by atoms with Crippen LogP contribution in [-0.2, 0) is 19.1 Å². The lowest BCUT2D eigenvalue weighted by molar-refractivity contribution is -0.206. The molecule has 0 aromatic heterocycles. The Hall–Kier alpha value is -2.44. The highest BCUT2D eigenvalue weighted by Gasteiger charge is 2.55. The molecule has 0 radical (unpaired) electrons. The molecule has 0 fully saturated rings. The molecule has 0 unspecified atom stereocenters. The van der Waals surface area contributed by atoms with Gasteiger partial charge < -0.3 is 18.9 Å². The molecule has 0 bridgehead atoms. The number of rotatable bonds is 6. The quantitative estimate of drug-likeness (QED) is 0.431. The zero-order valence-electron chi connectivity index (χ0n) is 13.3. The first-order chi connectivity index (χ1) is 11.9. The van der Waals surface area contributed by atoms with Crippen LogP contribution in [-0.4, -0.2) is 31.9 Å². The average molecular weight is 385 g/mol. The van der Waals surface area contributed by atoms with E-state index in [1.165, 1.54) is 48.5 Å². The molecule has 2 rings (SSSR count). The largest absolute Gasteiger partial charge is 0.463 e. The van der Waals surface area contributed by atoms with Gasteiger partial charge in [0.05, 0.1) is 14.2 Å². The van der Waals surface area contributed by atoms with Crippen LogP contribution in [0.4, 0.5) is 0 Å². The van der Waals surface area contributed by atoms with E-state index in [-0.39, 0.29) is 11.5 Å². The van der Waals surface area contributed by atoms with Crippen molar-refractivity contribution in [3.05, 3.63) is 58.6 Å². The minimum atomic E-state index is -2.49. The number of hydrogen-bond donors (Lipinski definition) is 0. The van der Waals surface area contributed by atoms with E-state index in [9.17, 15) is 9.59 Å². The van der Waals surface area contributed by atoms with Crippen molar-refractivity contribution in [3.8, 4) is 11.5 Å². The van der Waals surface area contributed by atoms with Gasteiger partial charge in [0.15, 0.2) is 0 Å². The van der Waals surface area contributed by atoms with Crippen molar-refractivity contribution in [1.29, 1.82) is 0 Å². The molecule has 0 aliphatic carbocycles. The monoisotopic (exact) mass is 384 g/mol. The van der Waals surface area contributed by atoms with Crippen molar-refractivity contribution in [2.24, 2.45) is 0 Å². The lowest BCUT2D eigenvalue weighted by atomic mass is 10.2. The van der Waals surface area contributed by atoms with E-state index >= 15 is 0 Å². The molecular formula is C17H14Cl2O6. The van der Waals surface area contributed by atoms with Gasteiger partial charge in [-0.1, -0.05) is 23.2 Å². The van der Waals surface area contributed by atoms with Gasteiger partial charge in [-0.05, 0) is 48.5 Å². The summed E-state index contributed by atoms with van der Waals surface area (Å²) < 4.78 is 20.4. The second-order valence-electron chi connectivity index (χ2n) is 4.71. The fraction of sp³-hybridized carbons (Fsp3) is 0.176. The molecule has 0 saturated heterocycles. The number of carbonyl (C=O) groups excluding carboxylic acids is 2. The Kier molecular flexibility index (Phi) is 6.12. The fourth-order valence-electron chi connectivity index (χ4n) is 1.88. The first kappa shape index (κ1) is 18.9. The molecule has 0 spiro atoms. The summed E-state index contributed by atoms with van der Waals surface area (Å²) in [6.07, 6.45) is 0. The Labute approximate surface area is 154 Å². The molecule has 2 aromatic carbocycles. The van der Waals surface area contributed by atoms with Gasteiger partial charge in [-0.3, -0.25) is 0 Å². The third-order valence-corrected chi connectivity index (χ3v) is 3.56. The summed E-state index contributed by atoms with van der Waals surface area (Å²) in [6.45, 7) is 0. The zero-order chi connectivity index (χ0) is 18.4. The summed E-state index contributed by atoms with van der Waals surface area (Å²) in [5, 5.41) is 0.903. The molecule has 0 aliphatic rings. The average Bonchev–Trinajstić information content (AvgIpc) is 2.63. The SMILES string of the molecule is COC(=O)C(Oc1ccc(Cl)cc1)(Oc1ccc(Cl)cc1)C(=O)OC. The molecular weight excluding hydrogens is 371 g/mol. The highest BCUT2D eigenvalue weighted by atomic mass is 35.5. The maximum absolute atomic E-state index is 12.4. The molecule has 0 atom stereocenters. The van der Waals surface area contributed by atoms with E-state index in [0.717, 1.165) is 14.2 Å². The molecule has 0 saturated carbocycles. The van der Waals surface area contributed by atoms with E-state index in [1.807, 2.05) is 0 Å². The van der Waals surface area contributed by atoms with E-state index in [4.69, 9.17) is 32.7 Å². The lowest BCUT2D eigenvalue weighted by Crippen LogP contribution is -2.57.